The van der Waals surface area contributed by atoms with Crippen molar-refractivity contribution >= 4 is 11.8 Å². The molecule has 0 N–H and O–H groups in total. The van der Waals surface area contributed by atoms with Crippen molar-refractivity contribution in [2.45, 2.75) is 52.1 Å². The smallest absolute Gasteiger partial charge is 0.308 e. The van der Waals surface area contributed by atoms with Gasteiger partial charge >= 0.3 is 5.97 Å². The molecule has 0 aromatic heterocycles. The Balaban J connectivity index is 2.34. The van der Waals surface area contributed by atoms with E-state index in [0.717, 1.165) is 25.7 Å². The van der Waals surface area contributed by atoms with Gasteiger partial charge in [0.2, 0.25) is 0 Å². The molecule has 1 saturated carbocycles. The molecule has 4 heteroatoms. The van der Waals surface area contributed by atoms with E-state index in [1.807, 2.05) is 20.8 Å². The standard InChI is InChI=1S/C14H24O4/c1-14(2,3)18-9-12(15)10-5-7-11(8-6-10)13(16)17-4/h10-11H,5-9H2,1-4H3. The first-order valence-corrected chi connectivity index (χ1v) is 6.58. The normalized spacial score (nSPS) is 24.7. The molecule has 0 bridgehead atoms. The first-order chi connectivity index (χ1) is 8.33. The maximum atomic E-state index is 11.9. The molecule has 1 rings (SSSR count). The van der Waals surface area contributed by atoms with Crippen LogP contribution in [0.5, 0.6) is 0 Å². The molecule has 1 fully saturated rings. The second-order valence-electron chi connectivity index (χ2n) is 5.94. The Kier molecular flexibility index (Phi) is 5.32. The summed E-state index contributed by atoms with van der Waals surface area (Å²) in [6.45, 7) is 5.99. The Morgan fingerprint density at radius 1 is 1.06 bits per heavy atom. The van der Waals surface area contributed by atoms with E-state index in [0.29, 0.717) is 0 Å². The van der Waals surface area contributed by atoms with Gasteiger partial charge in [-0.2, -0.15) is 0 Å². The van der Waals surface area contributed by atoms with Gasteiger partial charge in [0.1, 0.15) is 6.61 Å². The first kappa shape index (κ1) is 15.2. The van der Waals surface area contributed by atoms with Gasteiger partial charge in [0.05, 0.1) is 18.6 Å². The van der Waals surface area contributed by atoms with E-state index in [-0.39, 0.29) is 35.8 Å². The molecule has 0 heterocycles. The molecule has 1 aliphatic rings. The van der Waals surface area contributed by atoms with Crippen LogP contribution in [0.15, 0.2) is 0 Å². The quantitative estimate of drug-likeness (QED) is 0.724. The third-order valence-electron chi connectivity index (χ3n) is 3.36. The Hall–Kier alpha value is -0.900. The van der Waals surface area contributed by atoms with Crippen molar-refractivity contribution in [3.8, 4) is 0 Å². The highest BCUT2D eigenvalue weighted by atomic mass is 16.5. The lowest BCUT2D eigenvalue weighted by atomic mass is 9.80. The highest BCUT2D eigenvalue weighted by Gasteiger charge is 2.30. The van der Waals surface area contributed by atoms with Crippen LogP contribution in [0.2, 0.25) is 0 Å². The summed E-state index contributed by atoms with van der Waals surface area (Å²) in [7, 11) is 1.41. The molecule has 0 atom stereocenters. The molecular weight excluding hydrogens is 232 g/mol. The monoisotopic (exact) mass is 256 g/mol. The lowest BCUT2D eigenvalue weighted by molar-refractivity contribution is -0.148. The molecule has 0 aromatic carbocycles. The summed E-state index contributed by atoms with van der Waals surface area (Å²) in [5.41, 5.74) is -0.279. The molecule has 0 aromatic rings. The summed E-state index contributed by atoms with van der Waals surface area (Å²) in [5, 5.41) is 0. The van der Waals surface area contributed by atoms with Gasteiger partial charge in [-0.1, -0.05) is 0 Å². The minimum absolute atomic E-state index is 0.0254. The van der Waals surface area contributed by atoms with Crippen molar-refractivity contribution < 1.29 is 19.1 Å². The fourth-order valence-electron chi connectivity index (χ4n) is 2.22. The number of methoxy groups -OCH3 is 1. The Bertz CT molecular complexity index is 295. The Morgan fingerprint density at radius 3 is 2.00 bits per heavy atom. The molecule has 18 heavy (non-hydrogen) atoms. The molecule has 0 radical (unpaired) electrons. The summed E-state index contributed by atoms with van der Waals surface area (Å²) in [6.07, 6.45) is 3.04. The van der Waals surface area contributed by atoms with E-state index in [1.165, 1.54) is 7.11 Å². The van der Waals surface area contributed by atoms with Gasteiger partial charge in [-0.05, 0) is 46.5 Å². The average Bonchev–Trinajstić information content (AvgIpc) is 2.34. The van der Waals surface area contributed by atoms with Crippen LogP contribution in [-0.4, -0.2) is 31.1 Å². The van der Waals surface area contributed by atoms with Crippen LogP contribution in [0.3, 0.4) is 0 Å². The number of ether oxygens (including phenoxy) is 2. The molecular formula is C14H24O4. The van der Waals surface area contributed by atoms with Crippen molar-refractivity contribution in [2.24, 2.45) is 11.8 Å². The van der Waals surface area contributed by atoms with Gasteiger partial charge in [0.15, 0.2) is 5.78 Å². The van der Waals surface area contributed by atoms with Crippen LogP contribution in [-0.2, 0) is 19.1 Å². The average molecular weight is 256 g/mol. The number of hydrogen-bond acceptors (Lipinski definition) is 4. The third kappa shape index (κ3) is 4.77. The van der Waals surface area contributed by atoms with Crippen molar-refractivity contribution in [3.63, 3.8) is 0 Å². The topological polar surface area (TPSA) is 52.6 Å². The predicted molar refractivity (Wildman–Crippen MR) is 68.2 cm³/mol. The molecule has 4 nitrogen and oxygen atoms in total. The van der Waals surface area contributed by atoms with Gasteiger partial charge in [-0.25, -0.2) is 0 Å². The van der Waals surface area contributed by atoms with Gasteiger partial charge in [-0.15, -0.1) is 0 Å². The van der Waals surface area contributed by atoms with Crippen molar-refractivity contribution in [3.05, 3.63) is 0 Å². The second kappa shape index (κ2) is 6.32. The zero-order valence-electron chi connectivity index (χ0n) is 11.8. The Labute approximate surface area is 109 Å². The lowest BCUT2D eigenvalue weighted by Gasteiger charge is -2.27. The van der Waals surface area contributed by atoms with E-state index in [4.69, 9.17) is 9.47 Å². The molecule has 0 aliphatic heterocycles. The van der Waals surface area contributed by atoms with Crippen LogP contribution in [0.4, 0.5) is 0 Å². The molecule has 0 unspecified atom stereocenters. The summed E-state index contributed by atoms with van der Waals surface area (Å²) >= 11 is 0. The number of esters is 1. The zero-order valence-corrected chi connectivity index (χ0v) is 11.8. The fraction of sp³-hybridized carbons (Fsp3) is 0.857. The van der Waals surface area contributed by atoms with Gasteiger partial charge in [-0.3, -0.25) is 9.59 Å². The van der Waals surface area contributed by atoms with Crippen LogP contribution < -0.4 is 0 Å². The molecule has 1 aliphatic carbocycles. The van der Waals surface area contributed by atoms with Crippen LogP contribution in [0.1, 0.15) is 46.5 Å². The van der Waals surface area contributed by atoms with E-state index >= 15 is 0 Å². The molecule has 104 valence electrons. The van der Waals surface area contributed by atoms with Crippen LogP contribution in [0.25, 0.3) is 0 Å². The summed E-state index contributed by atoms with van der Waals surface area (Å²) in [4.78, 5) is 23.3. The number of carbonyl (C=O) groups is 2. The first-order valence-electron chi connectivity index (χ1n) is 6.58. The van der Waals surface area contributed by atoms with E-state index in [1.54, 1.807) is 0 Å². The highest BCUT2D eigenvalue weighted by molar-refractivity contribution is 5.82. The highest BCUT2D eigenvalue weighted by Crippen LogP contribution is 2.30. The predicted octanol–water partition coefficient (Wildman–Crippen LogP) is 2.35. The largest absolute Gasteiger partial charge is 0.469 e. The summed E-state index contributed by atoms with van der Waals surface area (Å²) in [6, 6.07) is 0. The number of carbonyl (C=O) groups excluding carboxylic acids is 2. The van der Waals surface area contributed by atoms with Crippen LogP contribution in [0, 0.1) is 11.8 Å². The SMILES string of the molecule is COC(=O)C1CCC(C(=O)COC(C)(C)C)CC1. The summed E-state index contributed by atoms with van der Waals surface area (Å²) in [5.74, 6) is 0.0379. The van der Waals surface area contributed by atoms with Gasteiger partial charge in [0.25, 0.3) is 0 Å². The molecule has 0 saturated heterocycles. The number of hydrogen-bond donors (Lipinski definition) is 0. The van der Waals surface area contributed by atoms with Crippen molar-refractivity contribution in [2.75, 3.05) is 13.7 Å². The van der Waals surface area contributed by atoms with Crippen molar-refractivity contribution in [1.82, 2.24) is 0 Å². The van der Waals surface area contributed by atoms with E-state index < -0.39 is 0 Å². The maximum absolute atomic E-state index is 11.9. The maximum Gasteiger partial charge on any atom is 0.308 e. The minimum atomic E-state index is -0.279. The van der Waals surface area contributed by atoms with Gasteiger partial charge in [0, 0.05) is 5.92 Å². The lowest BCUT2D eigenvalue weighted by Crippen LogP contribution is -2.31. The van der Waals surface area contributed by atoms with E-state index in [2.05, 4.69) is 0 Å². The number of ketones is 1. The third-order valence-corrected chi connectivity index (χ3v) is 3.36. The second-order valence-corrected chi connectivity index (χ2v) is 5.94. The molecule has 0 spiro atoms. The molecule has 0 amide bonds. The number of rotatable bonds is 4. The minimum Gasteiger partial charge on any atom is -0.469 e. The van der Waals surface area contributed by atoms with Crippen LogP contribution >= 0.6 is 0 Å². The number of Topliss-reactive ketones (excluding diaryl/α,β-unsaturated/α-hetero) is 1. The zero-order chi connectivity index (χ0) is 13.8. The van der Waals surface area contributed by atoms with Crippen molar-refractivity contribution in [1.29, 1.82) is 0 Å². The van der Waals surface area contributed by atoms with E-state index in [9.17, 15) is 9.59 Å². The summed E-state index contributed by atoms with van der Waals surface area (Å²) < 4.78 is 10.2. The van der Waals surface area contributed by atoms with Gasteiger partial charge < -0.3 is 9.47 Å². The fourth-order valence-corrected chi connectivity index (χ4v) is 2.22. The Morgan fingerprint density at radius 2 is 1.56 bits per heavy atom.